The molecule has 15 heavy (non-hydrogen) atoms. The summed E-state index contributed by atoms with van der Waals surface area (Å²) >= 11 is 3.48. The fourth-order valence-corrected chi connectivity index (χ4v) is 1.62. The van der Waals surface area contributed by atoms with Crippen molar-refractivity contribution < 1.29 is 8.78 Å². The fraction of sp³-hybridized carbons (Fsp3) is 0.500. The van der Waals surface area contributed by atoms with Gasteiger partial charge in [0.05, 0.1) is 0 Å². The van der Waals surface area contributed by atoms with Gasteiger partial charge in [-0.1, -0.05) is 35.0 Å². The van der Waals surface area contributed by atoms with Crippen LogP contribution in [0.4, 0.5) is 8.78 Å². The van der Waals surface area contributed by atoms with Gasteiger partial charge >= 0.3 is 0 Å². The lowest BCUT2D eigenvalue weighted by Crippen LogP contribution is -2.02. The number of benzene rings is 1. The molecular formula is C12H15BrF2. The lowest BCUT2D eigenvalue weighted by atomic mass is 10.0. The van der Waals surface area contributed by atoms with E-state index < -0.39 is 11.6 Å². The van der Waals surface area contributed by atoms with Gasteiger partial charge in [0.2, 0.25) is 0 Å². The molecule has 0 amide bonds. The van der Waals surface area contributed by atoms with Crippen molar-refractivity contribution in [1.29, 1.82) is 0 Å². The minimum Gasteiger partial charge on any atom is -0.203 e. The summed E-state index contributed by atoms with van der Waals surface area (Å²) in [6.45, 7) is 3.63. The van der Waals surface area contributed by atoms with Crippen molar-refractivity contribution in [3.05, 3.63) is 34.9 Å². The van der Waals surface area contributed by atoms with E-state index in [4.69, 9.17) is 0 Å². The maximum Gasteiger partial charge on any atom is 0.162 e. The largest absolute Gasteiger partial charge is 0.203 e. The van der Waals surface area contributed by atoms with Crippen molar-refractivity contribution in [2.24, 2.45) is 0 Å². The van der Waals surface area contributed by atoms with Gasteiger partial charge in [0, 0.05) is 4.83 Å². The normalized spacial score (nSPS) is 12.9. The van der Waals surface area contributed by atoms with Crippen LogP contribution in [0, 0.1) is 18.6 Å². The quantitative estimate of drug-likeness (QED) is 0.716. The Kier molecular flexibility index (Phi) is 4.71. The molecule has 0 nitrogen and oxygen atoms in total. The summed E-state index contributed by atoms with van der Waals surface area (Å²) < 4.78 is 26.6. The van der Waals surface area contributed by atoms with E-state index >= 15 is 0 Å². The zero-order valence-electron chi connectivity index (χ0n) is 8.99. The highest BCUT2D eigenvalue weighted by Crippen LogP contribution is 2.19. The number of alkyl halides is 1. The first-order valence-corrected chi connectivity index (χ1v) is 6.05. The number of hydrogen-bond donors (Lipinski definition) is 0. The van der Waals surface area contributed by atoms with Crippen LogP contribution in [0.5, 0.6) is 0 Å². The van der Waals surface area contributed by atoms with Crippen molar-refractivity contribution in [3.63, 3.8) is 0 Å². The molecule has 0 aromatic heterocycles. The van der Waals surface area contributed by atoms with Crippen LogP contribution in [-0.4, -0.2) is 4.83 Å². The van der Waals surface area contributed by atoms with Crippen molar-refractivity contribution >= 4 is 15.9 Å². The molecular weight excluding hydrogens is 262 g/mol. The van der Waals surface area contributed by atoms with Gasteiger partial charge in [-0.25, -0.2) is 8.78 Å². The lowest BCUT2D eigenvalue weighted by molar-refractivity contribution is 0.491. The molecule has 0 spiro atoms. The third kappa shape index (κ3) is 3.26. The van der Waals surface area contributed by atoms with E-state index in [-0.39, 0.29) is 0 Å². The summed E-state index contributed by atoms with van der Waals surface area (Å²) in [5.41, 5.74) is 0.832. The molecule has 0 radical (unpaired) electrons. The van der Waals surface area contributed by atoms with E-state index in [2.05, 4.69) is 22.9 Å². The van der Waals surface area contributed by atoms with E-state index in [0.717, 1.165) is 12.8 Å². The molecule has 3 heteroatoms. The molecule has 1 aromatic rings. The summed E-state index contributed by atoms with van der Waals surface area (Å²) in [5, 5.41) is 0. The van der Waals surface area contributed by atoms with Gasteiger partial charge in [-0.05, 0) is 37.3 Å². The Balaban J connectivity index is 2.74. The van der Waals surface area contributed by atoms with Gasteiger partial charge in [0.25, 0.3) is 0 Å². The molecule has 0 bridgehead atoms. The molecule has 0 heterocycles. The average Bonchev–Trinajstić information content (AvgIpc) is 2.24. The van der Waals surface area contributed by atoms with E-state index in [0.29, 0.717) is 22.4 Å². The van der Waals surface area contributed by atoms with Crippen LogP contribution < -0.4 is 0 Å². The van der Waals surface area contributed by atoms with Crippen LogP contribution in [-0.2, 0) is 6.42 Å². The molecule has 0 aliphatic carbocycles. The molecule has 84 valence electrons. The minimum absolute atomic E-state index is 0.363. The Hall–Kier alpha value is -0.440. The topological polar surface area (TPSA) is 0 Å². The van der Waals surface area contributed by atoms with Gasteiger partial charge in [0.15, 0.2) is 11.6 Å². The number of rotatable bonds is 4. The third-order valence-corrected chi connectivity index (χ3v) is 3.63. The molecule has 1 aromatic carbocycles. The summed E-state index contributed by atoms with van der Waals surface area (Å²) in [4.78, 5) is 0.376. The maximum absolute atomic E-state index is 13.4. The average molecular weight is 277 g/mol. The fourth-order valence-electron chi connectivity index (χ4n) is 1.40. The first-order chi connectivity index (χ1) is 7.06. The molecule has 1 unspecified atom stereocenters. The lowest BCUT2D eigenvalue weighted by Gasteiger charge is -2.08. The second kappa shape index (κ2) is 5.59. The summed E-state index contributed by atoms with van der Waals surface area (Å²) in [6, 6.07) is 3.30. The first kappa shape index (κ1) is 12.6. The van der Waals surface area contributed by atoms with Crippen molar-refractivity contribution in [1.82, 2.24) is 0 Å². The second-order valence-electron chi connectivity index (χ2n) is 3.71. The Morgan fingerprint density at radius 1 is 1.27 bits per heavy atom. The van der Waals surface area contributed by atoms with E-state index in [1.54, 1.807) is 19.1 Å². The number of halogens is 3. The van der Waals surface area contributed by atoms with Gasteiger partial charge in [-0.3, -0.25) is 0 Å². The highest BCUT2D eigenvalue weighted by Gasteiger charge is 2.11. The van der Waals surface area contributed by atoms with Crippen LogP contribution >= 0.6 is 15.9 Å². The smallest absolute Gasteiger partial charge is 0.162 e. The van der Waals surface area contributed by atoms with Gasteiger partial charge < -0.3 is 0 Å². The Morgan fingerprint density at radius 3 is 2.53 bits per heavy atom. The Bertz CT molecular complexity index is 337. The SMILES string of the molecule is CCC(Br)CCc1ccc(C)c(F)c1F. The Labute approximate surface area is 97.8 Å². The summed E-state index contributed by atoms with van der Waals surface area (Å²) in [5.74, 6) is -1.40. The molecule has 0 saturated heterocycles. The highest BCUT2D eigenvalue weighted by atomic mass is 79.9. The van der Waals surface area contributed by atoms with E-state index in [9.17, 15) is 8.78 Å². The second-order valence-corrected chi connectivity index (χ2v) is 5.01. The molecule has 0 aliphatic heterocycles. The predicted molar refractivity (Wildman–Crippen MR) is 62.4 cm³/mol. The van der Waals surface area contributed by atoms with E-state index in [1.165, 1.54) is 0 Å². The standard InChI is InChI=1S/C12H15BrF2/c1-3-10(13)7-6-9-5-4-8(2)11(14)12(9)15/h4-5,10H,3,6-7H2,1-2H3. The molecule has 0 aliphatic rings. The van der Waals surface area contributed by atoms with Gasteiger partial charge in [0.1, 0.15) is 0 Å². The van der Waals surface area contributed by atoms with Crippen LogP contribution in [0.15, 0.2) is 12.1 Å². The molecule has 0 saturated carbocycles. The predicted octanol–water partition coefficient (Wildman–Crippen LogP) is 4.38. The first-order valence-electron chi connectivity index (χ1n) is 5.13. The monoisotopic (exact) mass is 276 g/mol. The zero-order chi connectivity index (χ0) is 11.4. The molecule has 1 atom stereocenters. The van der Waals surface area contributed by atoms with Crippen LogP contribution in [0.3, 0.4) is 0 Å². The minimum atomic E-state index is -0.713. The summed E-state index contributed by atoms with van der Waals surface area (Å²) in [7, 11) is 0. The van der Waals surface area contributed by atoms with E-state index in [1.807, 2.05) is 0 Å². The highest BCUT2D eigenvalue weighted by molar-refractivity contribution is 9.09. The number of aryl methyl sites for hydroxylation is 2. The van der Waals surface area contributed by atoms with Gasteiger partial charge in [-0.15, -0.1) is 0 Å². The molecule has 0 fully saturated rings. The Morgan fingerprint density at radius 2 is 1.93 bits per heavy atom. The van der Waals surface area contributed by atoms with Crippen molar-refractivity contribution in [3.8, 4) is 0 Å². The van der Waals surface area contributed by atoms with Gasteiger partial charge in [-0.2, -0.15) is 0 Å². The van der Waals surface area contributed by atoms with Crippen LogP contribution in [0.25, 0.3) is 0 Å². The molecule has 0 N–H and O–H groups in total. The van der Waals surface area contributed by atoms with Crippen molar-refractivity contribution in [2.45, 2.75) is 37.9 Å². The third-order valence-electron chi connectivity index (χ3n) is 2.53. The summed E-state index contributed by atoms with van der Waals surface area (Å²) in [6.07, 6.45) is 2.40. The van der Waals surface area contributed by atoms with Crippen LogP contribution in [0.2, 0.25) is 0 Å². The van der Waals surface area contributed by atoms with Crippen LogP contribution in [0.1, 0.15) is 30.9 Å². The maximum atomic E-state index is 13.4. The molecule has 1 rings (SSSR count). The number of hydrogen-bond acceptors (Lipinski definition) is 0. The van der Waals surface area contributed by atoms with Crippen molar-refractivity contribution in [2.75, 3.05) is 0 Å². The zero-order valence-corrected chi connectivity index (χ0v) is 10.6.